The van der Waals surface area contributed by atoms with Gasteiger partial charge in [-0.2, -0.15) is 0 Å². The first-order valence-electron chi connectivity index (χ1n) is 5.23. The van der Waals surface area contributed by atoms with Gasteiger partial charge in [-0.25, -0.2) is 0 Å². The maximum absolute atomic E-state index is 5.91. The first-order valence-corrected chi connectivity index (χ1v) is 6.43. The van der Waals surface area contributed by atoms with Crippen molar-refractivity contribution in [2.24, 2.45) is 17.2 Å². The zero-order chi connectivity index (χ0) is 11.1. The van der Waals surface area contributed by atoms with Gasteiger partial charge < -0.3 is 0 Å². The van der Waals surface area contributed by atoms with Crippen molar-refractivity contribution in [3.63, 3.8) is 0 Å². The van der Waals surface area contributed by atoms with Crippen LogP contribution in [0.2, 0.25) is 4.34 Å². The summed E-state index contributed by atoms with van der Waals surface area (Å²) in [5, 5.41) is 0. The van der Waals surface area contributed by atoms with Crippen molar-refractivity contribution in [2.75, 3.05) is 0 Å². The summed E-state index contributed by atoms with van der Waals surface area (Å²) >= 11 is 7.55. The van der Waals surface area contributed by atoms with E-state index in [4.69, 9.17) is 17.4 Å². The normalized spacial score (nSPS) is 25.2. The van der Waals surface area contributed by atoms with E-state index < -0.39 is 0 Å². The van der Waals surface area contributed by atoms with Crippen molar-refractivity contribution in [1.29, 1.82) is 0 Å². The third-order valence-corrected chi connectivity index (χ3v) is 4.59. The Kier molecular flexibility index (Phi) is 3.08. The van der Waals surface area contributed by atoms with E-state index in [9.17, 15) is 0 Å². The predicted octanol–water partition coefficient (Wildman–Crippen LogP) is 2.82. The molecular formula is C11H17ClN2S. The van der Waals surface area contributed by atoms with Gasteiger partial charge in [-0.1, -0.05) is 25.4 Å². The molecule has 2 rings (SSSR count). The van der Waals surface area contributed by atoms with Gasteiger partial charge in [-0.05, 0) is 36.3 Å². The molecule has 1 aromatic rings. The molecule has 1 fully saturated rings. The van der Waals surface area contributed by atoms with Crippen LogP contribution in [-0.4, -0.2) is 6.04 Å². The quantitative estimate of drug-likeness (QED) is 0.632. The molecule has 0 amide bonds. The highest BCUT2D eigenvalue weighted by molar-refractivity contribution is 7.16. The molecule has 0 saturated heterocycles. The standard InChI is InChI=1S/C11H17ClN2S/c1-11(2)6-8(11)9(14-13)5-7-3-4-10(12)15-7/h3-4,8-9,14H,5-6,13H2,1-2H3. The first kappa shape index (κ1) is 11.4. The van der Waals surface area contributed by atoms with Crippen molar-refractivity contribution in [1.82, 2.24) is 5.43 Å². The maximum atomic E-state index is 5.91. The molecule has 1 aliphatic rings. The summed E-state index contributed by atoms with van der Waals surface area (Å²) < 4.78 is 0.857. The Morgan fingerprint density at radius 1 is 1.67 bits per heavy atom. The summed E-state index contributed by atoms with van der Waals surface area (Å²) in [5.41, 5.74) is 3.40. The molecule has 0 aliphatic heterocycles. The molecule has 1 heterocycles. The Morgan fingerprint density at radius 3 is 2.73 bits per heavy atom. The number of nitrogens with two attached hydrogens (primary N) is 1. The van der Waals surface area contributed by atoms with Crippen LogP contribution >= 0.6 is 22.9 Å². The molecule has 0 spiro atoms. The van der Waals surface area contributed by atoms with Gasteiger partial charge in [0.25, 0.3) is 0 Å². The van der Waals surface area contributed by atoms with Crippen molar-refractivity contribution in [2.45, 2.75) is 32.7 Å². The lowest BCUT2D eigenvalue weighted by Crippen LogP contribution is -2.39. The van der Waals surface area contributed by atoms with Gasteiger partial charge in [0.05, 0.1) is 4.34 Å². The molecule has 2 unspecified atom stereocenters. The van der Waals surface area contributed by atoms with Crippen LogP contribution in [0.3, 0.4) is 0 Å². The molecule has 0 radical (unpaired) electrons. The number of hydrogen-bond acceptors (Lipinski definition) is 3. The minimum atomic E-state index is 0.384. The Labute approximate surface area is 99.8 Å². The molecule has 0 bridgehead atoms. The lowest BCUT2D eigenvalue weighted by molar-refractivity contribution is 0.410. The fourth-order valence-electron chi connectivity index (χ4n) is 2.19. The first-order chi connectivity index (χ1) is 7.03. The lowest BCUT2D eigenvalue weighted by atomic mass is 10.0. The van der Waals surface area contributed by atoms with Crippen LogP contribution in [0.15, 0.2) is 12.1 Å². The monoisotopic (exact) mass is 244 g/mol. The highest BCUT2D eigenvalue weighted by atomic mass is 35.5. The lowest BCUT2D eigenvalue weighted by Gasteiger charge is -2.16. The van der Waals surface area contributed by atoms with Crippen LogP contribution in [0, 0.1) is 11.3 Å². The topological polar surface area (TPSA) is 38.0 Å². The summed E-state index contributed by atoms with van der Waals surface area (Å²) in [7, 11) is 0. The molecule has 4 heteroatoms. The molecule has 15 heavy (non-hydrogen) atoms. The van der Waals surface area contributed by atoms with E-state index in [2.05, 4.69) is 25.3 Å². The van der Waals surface area contributed by atoms with Gasteiger partial charge in [-0.15, -0.1) is 11.3 Å². The largest absolute Gasteiger partial charge is 0.271 e. The van der Waals surface area contributed by atoms with Gasteiger partial charge in [0.2, 0.25) is 0 Å². The Hall–Kier alpha value is -0.0900. The summed E-state index contributed by atoms with van der Waals surface area (Å²) in [4.78, 5) is 1.31. The van der Waals surface area contributed by atoms with Crippen molar-refractivity contribution >= 4 is 22.9 Å². The number of halogens is 1. The zero-order valence-electron chi connectivity index (χ0n) is 9.09. The van der Waals surface area contributed by atoms with Crippen molar-refractivity contribution in [3.05, 3.63) is 21.3 Å². The average Bonchev–Trinajstić information content (AvgIpc) is 2.59. The number of thiophene rings is 1. The van der Waals surface area contributed by atoms with Gasteiger partial charge >= 0.3 is 0 Å². The van der Waals surface area contributed by atoms with Crippen LogP contribution in [0.5, 0.6) is 0 Å². The second kappa shape index (κ2) is 4.06. The minimum Gasteiger partial charge on any atom is -0.271 e. The SMILES string of the molecule is CC1(C)CC1C(Cc1ccc(Cl)s1)NN. The highest BCUT2D eigenvalue weighted by Crippen LogP contribution is 2.54. The van der Waals surface area contributed by atoms with Crippen LogP contribution in [0.4, 0.5) is 0 Å². The van der Waals surface area contributed by atoms with E-state index in [-0.39, 0.29) is 0 Å². The van der Waals surface area contributed by atoms with Crippen LogP contribution in [0.25, 0.3) is 0 Å². The molecule has 1 saturated carbocycles. The Balaban J connectivity index is 1.98. The molecule has 1 aromatic heterocycles. The maximum Gasteiger partial charge on any atom is 0.0931 e. The number of hydrazine groups is 1. The Bertz CT molecular complexity index is 348. The fraction of sp³-hybridized carbons (Fsp3) is 0.636. The van der Waals surface area contributed by atoms with Crippen molar-refractivity contribution < 1.29 is 0 Å². The van der Waals surface area contributed by atoms with E-state index in [1.807, 2.05) is 6.07 Å². The predicted molar refractivity (Wildman–Crippen MR) is 66.0 cm³/mol. The van der Waals surface area contributed by atoms with Crippen LogP contribution < -0.4 is 11.3 Å². The minimum absolute atomic E-state index is 0.384. The molecule has 2 atom stereocenters. The summed E-state index contributed by atoms with van der Waals surface area (Å²) in [6.45, 7) is 4.59. The van der Waals surface area contributed by atoms with E-state index in [0.717, 1.165) is 10.8 Å². The molecular weight excluding hydrogens is 228 g/mol. The summed E-state index contributed by atoms with van der Waals surface area (Å²) in [5.74, 6) is 6.31. The summed E-state index contributed by atoms with van der Waals surface area (Å²) in [6, 6.07) is 4.43. The molecule has 0 aromatic carbocycles. The van der Waals surface area contributed by atoms with Crippen LogP contribution in [-0.2, 0) is 6.42 Å². The van der Waals surface area contributed by atoms with Gasteiger partial charge in [-0.3, -0.25) is 11.3 Å². The van der Waals surface area contributed by atoms with E-state index >= 15 is 0 Å². The van der Waals surface area contributed by atoms with Crippen molar-refractivity contribution in [3.8, 4) is 0 Å². The Morgan fingerprint density at radius 2 is 2.33 bits per heavy atom. The third kappa shape index (κ3) is 2.53. The average molecular weight is 245 g/mol. The van der Waals surface area contributed by atoms with Gasteiger partial charge in [0.15, 0.2) is 0 Å². The van der Waals surface area contributed by atoms with Gasteiger partial charge in [0.1, 0.15) is 0 Å². The molecule has 3 N–H and O–H groups in total. The fourth-order valence-corrected chi connectivity index (χ4v) is 3.34. The number of hydrogen-bond donors (Lipinski definition) is 2. The highest BCUT2D eigenvalue weighted by Gasteiger charge is 2.49. The number of nitrogens with one attached hydrogen (secondary N) is 1. The van der Waals surface area contributed by atoms with Crippen LogP contribution in [0.1, 0.15) is 25.1 Å². The second-order valence-corrected chi connectivity index (χ2v) is 6.78. The third-order valence-electron chi connectivity index (χ3n) is 3.34. The molecule has 84 valence electrons. The van der Waals surface area contributed by atoms with E-state index in [0.29, 0.717) is 17.4 Å². The molecule has 2 nitrogen and oxygen atoms in total. The summed E-state index contributed by atoms with van der Waals surface area (Å²) in [6.07, 6.45) is 2.25. The molecule has 1 aliphatic carbocycles. The second-order valence-electron chi connectivity index (χ2n) is 4.98. The van der Waals surface area contributed by atoms with E-state index in [1.54, 1.807) is 11.3 Å². The zero-order valence-corrected chi connectivity index (χ0v) is 10.7. The smallest absolute Gasteiger partial charge is 0.0931 e. The van der Waals surface area contributed by atoms with Gasteiger partial charge in [0, 0.05) is 10.9 Å². The van der Waals surface area contributed by atoms with E-state index in [1.165, 1.54) is 11.3 Å². The number of rotatable bonds is 4.